The molecule has 2 heteroatoms. The third kappa shape index (κ3) is 3.49. The van der Waals surface area contributed by atoms with E-state index in [2.05, 4.69) is 146 Å². The van der Waals surface area contributed by atoms with Gasteiger partial charge in [0.25, 0.3) is 0 Å². The molecule has 2 aliphatic heterocycles. The van der Waals surface area contributed by atoms with Crippen molar-refractivity contribution in [3.8, 4) is 22.3 Å². The lowest BCUT2D eigenvalue weighted by Gasteiger charge is -2.46. The van der Waals surface area contributed by atoms with E-state index in [9.17, 15) is 0 Å². The summed E-state index contributed by atoms with van der Waals surface area (Å²) >= 11 is 3.79. The fourth-order valence-corrected chi connectivity index (χ4v) is 8.63. The second-order valence-electron chi connectivity index (χ2n) is 10.1. The highest BCUT2D eigenvalue weighted by Crippen LogP contribution is 2.62. The van der Waals surface area contributed by atoms with Gasteiger partial charge in [0, 0.05) is 19.6 Å². The number of hydrogen-bond donors (Lipinski definition) is 0. The molecule has 0 unspecified atom stereocenters. The molecule has 39 heavy (non-hydrogen) atoms. The van der Waals surface area contributed by atoms with E-state index in [1.807, 2.05) is 23.5 Å². The molecule has 0 atom stereocenters. The van der Waals surface area contributed by atoms with Crippen molar-refractivity contribution < 1.29 is 0 Å². The first-order valence-corrected chi connectivity index (χ1v) is 14.9. The molecule has 0 aromatic heterocycles. The predicted octanol–water partition coefficient (Wildman–Crippen LogP) is 10.3. The molecule has 0 fully saturated rings. The fraction of sp³-hybridized carbons (Fsp3) is 0.0270. The molecule has 1 spiro atoms. The Morgan fingerprint density at radius 3 is 1.15 bits per heavy atom. The largest absolute Gasteiger partial charge is 0.0894 e. The van der Waals surface area contributed by atoms with Crippen LogP contribution < -0.4 is 0 Å². The summed E-state index contributed by atoms with van der Waals surface area (Å²) in [5.41, 5.74) is 10.1. The van der Waals surface area contributed by atoms with E-state index in [0.717, 1.165) is 0 Å². The van der Waals surface area contributed by atoms with Crippen LogP contribution in [0.15, 0.2) is 165 Å². The van der Waals surface area contributed by atoms with Crippen LogP contribution >= 0.6 is 23.5 Å². The van der Waals surface area contributed by atoms with Crippen LogP contribution in [0.3, 0.4) is 0 Å². The Labute approximate surface area is 237 Å². The van der Waals surface area contributed by atoms with Gasteiger partial charge < -0.3 is 0 Å². The van der Waals surface area contributed by atoms with E-state index in [1.54, 1.807) is 0 Å². The summed E-state index contributed by atoms with van der Waals surface area (Å²) in [5.74, 6) is 0. The highest BCUT2D eigenvalue weighted by Gasteiger charge is 2.48. The van der Waals surface area contributed by atoms with Gasteiger partial charge in [-0.3, -0.25) is 0 Å². The Bertz CT molecular complexity index is 1720. The first-order chi connectivity index (χ1) is 19.3. The van der Waals surface area contributed by atoms with E-state index in [1.165, 1.54) is 64.1 Å². The Balaban J connectivity index is 1.51. The lowest BCUT2D eigenvalue weighted by molar-refractivity contribution is 0.668. The van der Waals surface area contributed by atoms with Gasteiger partial charge in [0.05, 0.1) is 5.41 Å². The van der Waals surface area contributed by atoms with Crippen molar-refractivity contribution in [1.29, 1.82) is 0 Å². The summed E-state index contributed by atoms with van der Waals surface area (Å²) < 4.78 is 0. The van der Waals surface area contributed by atoms with Crippen LogP contribution in [0, 0.1) is 0 Å². The molecule has 0 saturated carbocycles. The van der Waals surface area contributed by atoms with E-state index in [-0.39, 0.29) is 0 Å². The van der Waals surface area contributed by atoms with E-state index in [4.69, 9.17) is 0 Å². The maximum absolute atomic E-state index is 2.46. The smallest absolute Gasteiger partial charge is 0.0745 e. The number of hydrogen-bond acceptors (Lipinski definition) is 2. The summed E-state index contributed by atoms with van der Waals surface area (Å²) in [5, 5.41) is 0. The number of rotatable bonds is 2. The van der Waals surface area contributed by atoms with Crippen molar-refractivity contribution in [3.63, 3.8) is 0 Å². The molecule has 0 nitrogen and oxygen atoms in total. The number of fused-ring (bicyclic) bond motifs is 8. The van der Waals surface area contributed by atoms with Crippen LogP contribution in [0.25, 0.3) is 22.3 Å². The zero-order valence-corrected chi connectivity index (χ0v) is 22.8. The molecule has 2 heterocycles. The summed E-state index contributed by atoms with van der Waals surface area (Å²) in [6.45, 7) is 0. The van der Waals surface area contributed by atoms with Crippen molar-refractivity contribution in [1.82, 2.24) is 0 Å². The van der Waals surface area contributed by atoms with Crippen molar-refractivity contribution in [2.45, 2.75) is 25.0 Å². The Hall–Kier alpha value is -3.98. The van der Waals surface area contributed by atoms with Gasteiger partial charge >= 0.3 is 0 Å². The van der Waals surface area contributed by atoms with Crippen LogP contribution in [0.4, 0.5) is 0 Å². The second kappa shape index (κ2) is 9.05. The van der Waals surface area contributed by atoms with E-state index < -0.39 is 5.41 Å². The lowest BCUT2D eigenvalue weighted by atomic mass is 9.64. The quantitative estimate of drug-likeness (QED) is 0.217. The molecule has 0 saturated heterocycles. The van der Waals surface area contributed by atoms with Gasteiger partial charge in [-0.1, -0.05) is 133 Å². The monoisotopic (exact) mass is 532 g/mol. The molecule has 0 N–H and O–H groups in total. The predicted molar refractivity (Wildman–Crippen MR) is 164 cm³/mol. The number of benzene rings is 6. The highest BCUT2D eigenvalue weighted by atomic mass is 32.2. The van der Waals surface area contributed by atoms with Gasteiger partial charge in [-0.25, -0.2) is 0 Å². The maximum atomic E-state index is 2.46. The third-order valence-electron chi connectivity index (χ3n) is 8.00. The van der Waals surface area contributed by atoms with Gasteiger partial charge in [0.2, 0.25) is 0 Å². The van der Waals surface area contributed by atoms with Crippen LogP contribution in [0.2, 0.25) is 0 Å². The highest BCUT2D eigenvalue weighted by molar-refractivity contribution is 8.00. The van der Waals surface area contributed by atoms with Crippen molar-refractivity contribution in [3.05, 3.63) is 168 Å². The Morgan fingerprint density at radius 2 is 0.692 bits per heavy atom. The van der Waals surface area contributed by atoms with Crippen LogP contribution in [0.5, 0.6) is 0 Å². The SMILES string of the molecule is c1ccc(-c2ccc3c(c2)C2(c4ccccc4S3)c3ccccc3Sc3ccc(-c4ccccc4)cc32)cc1. The normalized spacial score (nSPS) is 14.2. The van der Waals surface area contributed by atoms with Crippen LogP contribution in [0.1, 0.15) is 22.3 Å². The standard InChI is InChI=1S/C37H24S2/c1-3-11-25(12-4-1)27-19-21-35-31(23-27)37(29-15-7-9-17-33(29)38-35)30-16-8-10-18-34(30)39-36-22-20-28(24-32(36)37)26-13-5-2-6-14-26/h1-24H. The van der Waals surface area contributed by atoms with E-state index in [0.29, 0.717) is 0 Å². The minimum Gasteiger partial charge on any atom is -0.0894 e. The third-order valence-corrected chi connectivity index (χ3v) is 10.3. The van der Waals surface area contributed by atoms with Gasteiger partial charge in [-0.05, 0) is 80.9 Å². The fourth-order valence-electron chi connectivity index (χ4n) is 6.28. The summed E-state index contributed by atoms with van der Waals surface area (Å²) in [6.07, 6.45) is 0. The zero-order valence-electron chi connectivity index (χ0n) is 21.2. The lowest BCUT2D eigenvalue weighted by Crippen LogP contribution is -2.36. The summed E-state index contributed by atoms with van der Waals surface area (Å²) in [7, 11) is 0. The maximum Gasteiger partial charge on any atom is 0.0745 e. The van der Waals surface area contributed by atoms with Crippen molar-refractivity contribution in [2.24, 2.45) is 0 Å². The molecular weight excluding hydrogens is 509 g/mol. The molecule has 2 aliphatic rings. The molecule has 0 amide bonds. The summed E-state index contributed by atoms with van der Waals surface area (Å²) in [4.78, 5) is 5.31. The molecule has 0 aliphatic carbocycles. The average molecular weight is 533 g/mol. The molecule has 184 valence electrons. The first-order valence-electron chi connectivity index (χ1n) is 13.3. The Morgan fingerprint density at radius 1 is 0.308 bits per heavy atom. The van der Waals surface area contributed by atoms with Crippen LogP contribution in [-0.4, -0.2) is 0 Å². The first kappa shape index (κ1) is 23.0. The Kier molecular flexibility index (Phi) is 5.33. The molecular formula is C37H24S2. The molecule has 0 bridgehead atoms. The van der Waals surface area contributed by atoms with Gasteiger partial charge in [0.1, 0.15) is 0 Å². The van der Waals surface area contributed by atoms with Crippen molar-refractivity contribution in [2.75, 3.05) is 0 Å². The van der Waals surface area contributed by atoms with E-state index >= 15 is 0 Å². The molecule has 8 rings (SSSR count). The minimum absolute atomic E-state index is 0.413. The average Bonchev–Trinajstić information content (AvgIpc) is 3.01. The second-order valence-corrected chi connectivity index (χ2v) is 12.3. The molecule has 6 aromatic rings. The topological polar surface area (TPSA) is 0 Å². The summed E-state index contributed by atoms with van der Waals surface area (Å²) in [6, 6.07) is 53.8. The van der Waals surface area contributed by atoms with Gasteiger partial charge in [-0.2, -0.15) is 0 Å². The van der Waals surface area contributed by atoms with Crippen molar-refractivity contribution >= 4 is 23.5 Å². The van der Waals surface area contributed by atoms with Crippen LogP contribution in [-0.2, 0) is 5.41 Å². The molecule has 0 radical (unpaired) electrons. The molecule has 6 aromatic carbocycles. The van der Waals surface area contributed by atoms with Gasteiger partial charge in [-0.15, -0.1) is 0 Å². The van der Waals surface area contributed by atoms with Gasteiger partial charge in [0.15, 0.2) is 0 Å². The zero-order chi connectivity index (χ0) is 25.8. The minimum atomic E-state index is -0.413.